The summed E-state index contributed by atoms with van der Waals surface area (Å²) < 4.78 is 3.27. The van der Waals surface area contributed by atoms with Gasteiger partial charge in [0.1, 0.15) is 11.5 Å². The van der Waals surface area contributed by atoms with Crippen LogP contribution in [0.3, 0.4) is 0 Å². The zero-order chi connectivity index (χ0) is 20.4. The van der Waals surface area contributed by atoms with Crippen LogP contribution >= 0.6 is 11.6 Å². The van der Waals surface area contributed by atoms with Gasteiger partial charge in [-0.15, -0.1) is 5.10 Å². The molecule has 0 radical (unpaired) electrons. The van der Waals surface area contributed by atoms with Crippen molar-refractivity contribution in [2.45, 2.75) is 26.3 Å². The lowest BCUT2D eigenvalue weighted by molar-refractivity contribution is -0.121. The van der Waals surface area contributed by atoms with Crippen molar-refractivity contribution < 1.29 is 4.79 Å². The smallest absolute Gasteiger partial charge is 0.227 e. The predicted molar refractivity (Wildman–Crippen MR) is 109 cm³/mol. The fourth-order valence-electron chi connectivity index (χ4n) is 3.65. The Bertz CT molecular complexity index is 975. The number of amides is 1. The fourth-order valence-corrected chi connectivity index (χ4v) is 3.89. The number of halogens is 1. The molecule has 0 atom stereocenters. The van der Waals surface area contributed by atoms with Gasteiger partial charge in [-0.05, 0) is 67.5 Å². The highest BCUT2D eigenvalue weighted by atomic mass is 35.5. The Balaban J connectivity index is 1.30. The summed E-state index contributed by atoms with van der Waals surface area (Å²) in [6, 6.07) is 7.46. The third-order valence-electron chi connectivity index (χ3n) is 5.36. The average molecular weight is 415 g/mol. The average Bonchev–Trinajstić information content (AvgIpc) is 3.34. The number of piperidine rings is 1. The number of rotatable bonds is 5. The molecule has 0 aliphatic carbocycles. The van der Waals surface area contributed by atoms with Crippen molar-refractivity contribution in [3.05, 3.63) is 47.0 Å². The van der Waals surface area contributed by atoms with Gasteiger partial charge in [0.25, 0.3) is 0 Å². The molecule has 29 heavy (non-hydrogen) atoms. The first kappa shape index (κ1) is 19.5. The van der Waals surface area contributed by atoms with E-state index in [2.05, 4.69) is 30.8 Å². The lowest BCUT2D eigenvalue weighted by Crippen LogP contribution is -2.37. The molecule has 0 spiro atoms. The molecule has 4 rings (SSSR count). The Morgan fingerprint density at radius 1 is 1.24 bits per heavy atom. The first-order valence-corrected chi connectivity index (χ1v) is 9.93. The number of nitrogens with zero attached hydrogens (tertiary/aromatic N) is 7. The maximum Gasteiger partial charge on any atom is 0.227 e. The number of aryl methyl sites for hydroxylation is 2. The summed E-state index contributed by atoms with van der Waals surface area (Å²) in [6.07, 6.45) is 3.18. The minimum Gasteiger partial charge on any atom is -0.326 e. The van der Waals surface area contributed by atoms with E-state index in [0.717, 1.165) is 55.1 Å². The third kappa shape index (κ3) is 4.30. The molecule has 0 bridgehead atoms. The molecule has 1 N–H and O–H groups in total. The number of tetrazole rings is 1. The van der Waals surface area contributed by atoms with E-state index < -0.39 is 0 Å². The van der Waals surface area contributed by atoms with Crippen molar-refractivity contribution in [3.63, 3.8) is 0 Å². The zero-order valence-corrected chi connectivity index (χ0v) is 17.2. The van der Waals surface area contributed by atoms with Gasteiger partial charge < -0.3 is 5.32 Å². The summed E-state index contributed by atoms with van der Waals surface area (Å²) in [5.41, 5.74) is 3.64. The monoisotopic (exact) mass is 414 g/mol. The molecule has 1 aromatic carbocycles. The van der Waals surface area contributed by atoms with Crippen molar-refractivity contribution in [2.75, 3.05) is 18.4 Å². The van der Waals surface area contributed by atoms with Crippen LogP contribution in [0.4, 0.5) is 5.69 Å². The highest BCUT2D eigenvalue weighted by Gasteiger charge is 2.26. The minimum atomic E-state index is 0.0101. The van der Waals surface area contributed by atoms with Crippen LogP contribution in [-0.4, -0.2) is 53.9 Å². The van der Waals surface area contributed by atoms with Gasteiger partial charge in [-0.3, -0.25) is 14.4 Å². The molecule has 1 aliphatic heterocycles. The van der Waals surface area contributed by atoms with Crippen molar-refractivity contribution in [1.82, 2.24) is 34.9 Å². The molecule has 1 saturated heterocycles. The lowest BCUT2D eigenvalue weighted by atomic mass is 9.95. The van der Waals surface area contributed by atoms with Crippen molar-refractivity contribution in [2.24, 2.45) is 13.0 Å². The summed E-state index contributed by atoms with van der Waals surface area (Å²) in [7, 11) is 1.85. The molecule has 0 saturated carbocycles. The Kier molecular flexibility index (Phi) is 5.59. The van der Waals surface area contributed by atoms with E-state index in [1.54, 1.807) is 9.36 Å². The molecule has 1 fully saturated rings. The summed E-state index contributed by atoms with van der Waals surface area (Å²) in [6.45, 7) is 4.47. The SMILES string of the molecule is Cc1nn(C)c(Cl)c1CN1CCC(C(=O)Nc2ccc(-n3cnnn3)cc2)CC1. The number of anilines is 1. The standard InChI is InChI=1S/C19H23ClN8O/c1-13-17(18(20)26(2)23-13)11-27-9-7-14(8-10-27)19(29)22-15-3-5-16(6-4-15)28-12-21-24-25-28/h3-6,12,14H,7-11H2,1-2H3,(H,22,29). The molecular formula is C19H23ClN8O. The molecular weight excluding hydrogens is 392 g/mol. The van der Waals surface area contributed by atoms with Crippen LogP contribution in [0, 0.1) is 12.8 Å². The molecule has 10 heteroatoms. The Morgan fingerprint density at radius 2 is 1.97 bits per heavy atom. The summed E-state index contributed by atoms with van der Waals surface area (Å²) >= 11 is 6.34. The lowest BCUT2D eigenvalue weighted by Gasteiger charge is -2.31. The van der Waals surface area contributed by atoms with Crippen LogP contribution in [0.1, 0.15) is 24.1 Å². The Labute approximate surface area is 173 Å². The number of nitrogens with one attached hydrogen (secondary N) is 1. The summed E-state index contributed by atoms with van der Waals surface area (Å²) in [4.78, 5) is 15.0. The molecule has 0 unspecified atom stereocenters. The van der Waals surface area contributed by atoms with Gasteiger partial charge in [0.2, 0.25) is 5.91 Å². The first-order valence-electron chi connectivity index (χ1n) is 9.56. The molecule has 1 amide bonds. The molecule has 152 valence electrons. The second kappa shape index (κ2) is 8.30. The topological polar surface area (TPSA) is 93.8 Å². The van der Waals surface area contributed by atoms with E-state index in [-0.39, 0.29) is 11.8 Å². The number of carbonyl (C=O) groups is 1. The number of hydrogen-bond acceptors (Lipinski definition) is 6. The van der Waals surface area contributed by atoms with Gasteiger partial charge in [-0.1, -0.05) is 11.6 Å². The first-order chi connectivity index (χ1) is 14.0. The second-order valence-electron chi connectivity index (χ2n) is 7.32. The van der Waals surface area contributed by atoms with Crippen LogP contribution in [0.5, 0.6) is 0 Å². The molecule has 3 heterocycles. The van der Waals surface area contributed by atoms with Crippen molar-refractivity contribution in [1.29, 1.82) is 0 Å². The van der Waals surface area contributed by atoms with E-state index in [0.29, 0.717) is 5.15 Å². The molecule has 3 aromatic rings. The third-order valence-corrected chi connectivity index (χ3v) is 5.83. The number of likely N-dealkylation sites (tertiary alicyclic amines) is 1. The van der Waals surface area contributed by atoms with Gasteiger partial charge in [-0.2, -0.15) is 5.10 Å². The van der Waals surface area contributed by atoms with Gasteiger partial charge in [0.15, 0.2) is 0 Å². The van der Waals surface area contributed by atoms with E-state index in [4.69, 9.17) is 11.6 Å². The van der Waals surface area contributed by atoms with E-state index in [9.17, 15) is 4.79 Å². The predicted octanol–water partition coefficient (Wildman–Crippen LogP) is 2.21. The van der Waals surface area contributed by atoms with Crippen LogP contribution in [0.2, 0.25) is 5.15 Å². The van der Waals surface area contributed by atoms with Crippen LogP contribution in [0.15, 0.2) is 30.6 Å². The van der Waals surface area contributed by atoms with Gasteiger partial charge >= 0.3 is 0 Å². The second-order valence-corrected chi connectivity index (χ2v) is 7.68. The zero-order valence-electron chi connectivity index (χ0n) is 16.4. The molecule has 9 nitrogen and oxygen atoms in total. The quantitative estimate of drug-likeness (QED) is 0.687. The van der Waals surface area contributed by atoms with Crippen molar-refractivity contribution in [3.8, 4) is 5.69 Å². The maximum absolute atomic E-state index is 12.7. The summed E-state index contributed by atoms with van der Waals surface area (Å²) in [5.74, 6) is 0.0753. The normalized spacial score (nSPS) is 15.6. The number of benzene rings is 1. The largest absolute Gasteiger partial charge is 0.326 e. The van der Waals surface area contributed by atoms with E-state index in [1.165, 1.54) is 6.33 Å². The summed E-state index contributed by atoms with van der Waals surface area (Å²) in [5, 5.41) is 19.2. The minimum absolute atomic E-state index is 0.0101. The molecule has 2 aromatic heterocycles. The number of hydrogen-bond donors (Lipinski definition) is 1. The highest BCUT2D eigenvalue weighted by Crippen LogP contribution is 2.25. The van der Waals surface area contributed by atoms with E-state index in [1.807, 2.05) is 38.2 Å². The van der Waals surface area contributed by atoms with Crippen molar-refractivity contribution >= 4 is 23.2 Å². The van der Waals surface area contributed by atoms with Gasteiger partial charge in [0.05, 0.1) is 11.4 Å². The van der Waals surface area contributed by atoms with Crippen LogP contribution in [0.25, 0.3) is 5.69 Å². The van der Waals surface area contributed by atoms with E-state index >= 15 is 0 Å². The number of aromatic nitrogens is 6. The Morgan fingerprint density at radius 3 is 2.55 bits per heavy atom. The van der Waals surface area contributed by atoms with Gasteiger partial charge in [-0.25, -0.2) is 4.68 Å². The highest BCUT2D eigenvalue weighted by molar-refractivity contribution is 6.30. The van der Waals surface area contributed by atoms with Crippen LogP contribution < -0.4 is 5.32 Å². The maximum atomic E-state index is 12.7. The van der Waals surface area contributed by atoms with Crippen LogP contribution in [-0.2, 0) is 18.4 Å². The molecule has 1 aliphatic rings. The number of carbonyl (C=O) groups excluding carboxylic acids is 1. The Hall–Kier alpha value is -2.78. The fraction of sp³-hybridized carbons (Fsp3) is 0.421. The van der Waals surface area contributed by atoms with Gasteiger partial charge in [0, 0.05) is 30.8 Å².